The minimum absolute atomic E-state index is 0.178. The van der Waals surface area contributed by atoms with Crippen molar-refractivity contribution in [3.63, 3.8) is 0 Å². The van der Waals surface area contributed by atoms with E-state index in [0.29, 0.717) is 13.0 Å². The Bertz CT molecular complexity index is 292. The van der Waals surface area contributed by atoms with E-state index in [1.807, 2.05) is 4.90 Å². The lowest BCUT2D eigenvalue weighted by molar-refractivity contribution is -0.131. The van der Waals surface area contributed by atoms with Crippen molar-refractivity contribution in [1.82, 2.24) is 10.2 Å². The fourth-order valence-corrected chi connectivity index (χ4v) is 2.42. The molecule has 0 radical (unpaired) electrons. The van der Waals surface area contributed by atoms with Crippen molar-refractivity contribution in [2.45, 2.75) is 51.4 Å². The third-order valence-corrected chi connectivity index (χ3v) is 3.77. The summed E-state index contributed by atoms with van der Waals surface area (Å²) in [4.78, 5) is 25.3. The minimum atomic E-state index is 0.178. The Morgan fingerprint density at radius 1 is 1.06 bits per heavy atom. The van der Waals surface area contributed by atoms with E-state index in [1.54, 1.807) is 0 Å². The van der Waals surface area contributed by atoms with E-state index < -0.39 is 0 Å². The lowest BCUT2D eigenvalue weighted by Gasteiger charge is -2.20. The Labute approximate surface area is 109 Å². The van der Waals surface area contributed by atoms with Gasteiger partial charge in [0.25, 0.3) is 0 Å². The van der Waals surface area contributed by atoms with Gasteiger partial charge in [0.1, 0.15) is 0 Å². The Morgan fingerprint density at radius 2 is 1.72 bits per heavy atom. The molecule has 1 aliphatic carbocycles. The molecule has 1 saturated carbocycles. The van der Waals surface area contributed by atoms with E-state index in [2.05, 4.69) is 5.32 Å². The zero-order valence-electron chi connectivity index (χ0n) is 11.1. The molecule has 1 N–H and O–H groups in total. The SMILES string of the molecule is O=C(NCCCC(=O)N1CCCCCC1)C1CC1. The summed E-state index contributed by atoms with van der Waals surface area (Å²) in [6.45, 7) is 2.50. The number of hydrogen-bond acceptors (Lipinski definition) is 2. The number of rotatable bonds is 5. The number of carbonyl (C=O) groups is 2. The number of amides is 2. The molecule has 1 heterocycles. The van der Waals surface area contributed by atoms with Gasteiger partial charge in [0.05, 0.1) is 0 Å². The first kappa shape index (κ1) is 13.4. The topological polar surface area (TPSA) is 49.4 Å². The van der Waals surface area contributed by atoms with Crippen LogP contribution < -0.4 is 5.32 Å². The van der Waals surface area contributed by atoms with Crippen LogP contribution >= 0.6 is 0 Å². The highest BCUT2D eigenvalue weighted by atomic mass is 16.2. The van der Waals surface area contributed by atoms with Gasteiger partial charge >= 0.3 is 0 Å². The van der Waals surface area contributed by atoms with Crippen molar-refractivity contribution in [1.29, 1.82) is 0 Å². The molecular weight excluding hydrogens is 228 g/mol. The third kappa shape index (κ3) is 4.31. The molecule has 0 aromatic carbocycles. The lowest BCUT2D eigenvalue weighted by atomic mass is 10.2. The van der Waals surface area contributed by atoms with E-state index in [9.17, 15) is 9.59 Å². The molecule has 1 saturated heterocycles. The summed E-state index contributed by atoms with van der Waals surface area (Å²) in [6, 6.07) is 0. The highest BCUT2D eigenvalue weighted by molar-refractivity contribution is 5.81. The van der Waals surface area contributed by atoms with E-state index in [4.69, 9.17) is 0 Å². The standard InChI is InChI=1S/C14H24N2O2/c17-13(16-10-3-1-2-4-11-16)6-5-9-15-14(18)12-7-8-12/h12H,1-11H2,(H,15,18). The van der Waals surface area contributed by atoms with Crippen LogP contribution in [0.15, 0.2) is 0 Å². The Kier molecular flexibility index (Phi) is 5.02. The largest absolute Gasteiger partial charge is 0.356 e. The molecule has 18 heavy (non-hydrogen) atoms. The van der Waals surface area contributed by atoms with E-state index in [-0.39, 0.29) is 17.7 Å². The molecular formula is C14H24N2O2. The van der Waals surface area contributed by atoms with Crippen LogP contribution in [0.25, 0.3) is 0 Å². The second-order valence-corrected chi connectivity index (χ2v) is 5.46. The van der Waals surface area contributed by atoms with Crippen LogP contribution in [0.5, 0.6) is 0 Å². The Hall–Kier alpha value is -1.06. The number of carbonyl (C=O) groups excluding carboxylic acids is 2. The van der Waals surface area contributed by atoms with Crippen molar-refractivity contribution in [3.05, 3.63) is 0 Å². The quantitative estimate of drug-likeness (QED) is 0.757. The molecule has 4 heteroatoms. The van der Waals surface area contributed by atoms with Gasteiger partial charge in [0.2, 0.25) is 11.8 Å². The first-order valence-electron chi connectivity index (χ1n) is 7.33. The predicted molar refractivity (Wildman–Crippen MR) is 70.0 cm³/mol. The number of likely N-dealkylation sites (tertiary alicyclic amines) is 1. The fraction of sp³-hybridized carbons (Fsp3) is 0.857. The molecule has 2 amide bonds. The molecule has 102 valence electrons. The Morgan fingerprint density at radius 3 is 2.33 bits per heavy atom. The summed E-state index contributed by atoms with van der Waals surface area (Å²) in [7, 11) is 0. The average molecular weight is 252 g/mol. The number of nitrogens with zero attached hydrogens (tertiary/aromatic N) is 1. The fourth-order valence-electron chi connectivity index (χ4n) is 2.42. The van der Waals surface area contributed by atoms with Crippen molar-refractivity contribution >= 4 is 11.8 Å². The van der Waals surface area contributed by atoms with Crippen LogP contribution in [-0.4, -0.2) is 36.3 Å². The van der Waals surface area contributed by atoms with Gasteiger partial charge in [-0.05, 0) is 32.1 Å². The molecule has 0 aromatic rings. The van der Waals surface area contributed by atoms with Gasteiger partial charge in [-0.1, -0.05) is 12.8 Å². The first-order chi connectivity index (χ1) is 8.77. The van der Waals surface area contributed by atoms with Gasteiger partial charge in [-0.3, -0.25) is 9.59 Å². The summed E-state index contributed by atoms with van der Waals surface area (Å²) in [5.41, 5.74) is 0. The van der Waals surface area contributed by atoms with Gasteiger partial charge < -0.3 is 10.2 Å². The molecule has 1 aliphatic heterocycles. The maximum atomic E-state index is 12.0. The van der Waals surface area contributed by atoms with Gasteiger partial charge in [0.15, 0.2) is 0 Å². The molecule has 0 unspecified atom stereocenters. The van der Waals surface area contributed by atoms with Gasteiger partial charge in [-0.15, -0.1) is 0 Å². The summed E-state index contributed by atoms with van der Waals surface area (Å²) in [5.74, 6) is 0.709. The highest BCUT2D eigenvalue weighted by Crippen LogP contribution is 2.28. The maximum absolute atomic E-state index is 12.0. The maximum Gasteiger partial charge on any atom is 0.223 e. The van der Waals surface area contributed by atoms with E-state index in [0.717, 1.165) is 45.2 Å². The van der Waals surface area contributed by atoms with Crippen LogP contribution in [0.1, 0.15) is 51.4 Å². The summed E-state index contributed by atoms with van der Waals surface area (Å²) in [5, 5.41) is 2.91. The molecule has 0 bridgehead atoms. The molecule has 4 nitrogen and oxygen atoms in total. The van der Waals surface area contributed by atoms with Crippen molar-refractivity contribution in [2.75, 3.05) is 19.6 Å². The van der Waals surface area contributed by atoms with Crippen molar-refractivity contribution < 1.29 is 9.59 Å². The zero-order chi connectivity index (χ0) is 12.8. The minimum Gasteiger partial charge on any atom is -0.356 e. The summed E-state index contributed by atoms with van der Waals surface area (Å²) in [6.07, 6.45) is 8.21. The molecule has 2 rings (SSSR count). The second kappa shape index (κ2) is 6.76. The van der Waals surface area contributed by atoms with Crippen molar-refractivity contribution in [2.24, 2.45) is 5.92 Å². The van der Waals surface area contributed by atoms with Crippen LogP contribution in [0.4, 0.5) is 0 Å². The molecule has 0 aromatic heterocycles. The van der Waals surface area contributed by atoms with Crippen molar-refractivity contribution in [3.8, 4) is 0 Å². The van der Waals surface area contributed by atoms with Gasteiger partial charge in [-0.25, -0.2) is 0 Å². The Balaban J connectivity index is 1.57. The van der Waals surface area contributed by atoms with Crippen LogP contribution in [-0.2, 0) is 9.59 Å². The lowest BCUT2D eigenvalue weighted by Crippen LogP contribution is -2.33. The average Bonchev–Trinajstić information content (AvgIpc) is 3.19. The van der Waals surface area contributed by atoms with E-state index in [1.165, 1.54) is 12.8 Å². The summed E-state index contributed by atoms with van der Waals surface area (Å²) >= 11 is 0. The third-order valence-electron chi connectivity index (χ3n) is 3.77. The van der Waals surface area contributed by atoms with Crippen LogP contribution in [0, 0.1) is 5.92 Å². The number of hydrogen-bond donors (Lipinski definition) is 1. The predicted octanol–water partition coefficient (Wildman–Crippen LogP) is 1.70. The molecule has 0 atom stereocenters. The van der Waals surface area contributed by atoms with Crippen LogP contribution in [0.2, 0.25) is 0 Å². The molecule has 0 spiro atoms. The molecule has 2 aliphatic rings. The normalized spacial score (nSPS) is 20.3. The highest BCUT2D eigenvalue weighted by Gasteiger charge is 2.29. The zero-order valence-corrected chi connectivity index (χ0v) is 11.1. The van der Waals surface area contributed by atoms with E-state index >= 15 is 0 Å². The second-order valence-electron chi connectivity index (χ2n) is 5.46. The van der Waals surface area contributed by atoms with Crippen LogP contribution in [0.3, 0.4) is 0 Å². The smallest absolute Gasteiger partial charge is 0.223 e. The van der Waals surface area contributed by atoms with Gasteiger partial charge in [-0.2, -0.15) is 0 Å². The van der Waals surface area contributed by atoms with Gasteiger partial charge in [0, 0.05) is 32.0 Å². The summed E-state index contributed by atoms with van der Waals surface area (Å²) < 4.78 is 0. The molecule has 2 fully saturated rings. The first-order valence-corrected chi connectivity index (χ1v) is 7.33. The monoisotopic (exact) mass is 252 g/mol. The number of nitrogens with one attached hydrogen (secondary N) is 1.